The summed E-state index contributed by atoms with van der Waals surface area (Å²) in [5.74, 6) is -0.342. The number of halogens is 1. The van der Waals surface area contributed by atoms with Crippen molar-refractivity contribution < 1.29 is 14.3 Å². The smallest absolute Gasteiger partial charge is 0.251 e. The lowest BCUT2D eigenvalue weighted by Crippen LogP contribution is -2.37. The Morgan fingerprint density at radius 1 is 1.30 bits per heavy atom. The van der Waals surface area contributed by atoms with Crippen LogP contribution >= 0.6 is 11.6 Å². The predicted molar refractivity (Wildman–Crippen MR) is 77.9 cm³/mol. The molecule has 2 N–H and O–H groups in total. The normalized spacial score (nSPS) is 11.8. The first-order valence-corrected chi connectivity index (χ1v) is 6.72. The van der Waals surface area contributed by atoms with Crippen LogP contribution in [-0.4, -0.2) is 38.1 Å². The zero-order valence-electron chi connectivity index (χ0n) is 11.6. The van der Waals surface area contributed by atoms with Crippen LogP contribution in [0.4, 0.5) is 0 Å². The van der Waals surface area contributed by atoms with Crippen molar-refractivity contribution >= 4 is 23.4 Å². The second-order valence-electron chi connectivity index (χ2n) is 4.44. The van der Waals surface area contributed by atoms with E-state index in [-0.39, 0.29) is 30.8 Å². The third-order valence-corrected chi connectivity index (χ3v) is 2.82. The Hall–Kier alpha value is -1.59. The molecule has 20 heavy (non-hydrogen) atoms. The molecule has 2 amide bonds. The number of hydrogen-bond donors (Lipinski definition) is 2. The predicted octanol–water partition coefficient (Wildman–Crippen LogP) is 1.61. The lowest BCUT2D eigenvalue weighted by Gasteiger charge is -2.12. The summed E-state index contributed by atoms with van der Waals surface area (Å²) in [5, 5.41) is 6.03. The maximum Gasteiger partial charge on any atom is 0.251 e. The van der Waals surface area contributed by atoms with Crippen molar-refractivity contribution in [2.45, 2.75) is 19.4 Å². The zero-order valence-corrected chi connectivity index (χ0v) is 12.4. The molecule has 6 heteroatoms. The van der Waals surface area contributed by atoms with Crippen molar-refractivity contribution in [3.63, 3.8) is 0 Å². The van der Waals surface area contributed by atoms with E-state index in [0.717, 1.165) is 0 Å². The van der Waals surface area contributed by atoms with E-state index in [9.17, 15) is 9.59 Å². The fourth-order valence-electron chi connectivity index (χ4n) is 1.63. The third kappa shape index (κ3) is 6.04. The second-order valence-corrected chi connectivity index (χ2v) is 4.87. The van der Waals surface area contributed by atoms with Gasteiger partial charge >= 0.3 is 0 Å². The van der Waals surface area contributed by atoms with Crippen LogP contribution in [0.1, 0.15) is 23.7 Å². The number of methoxy groups -OCH3 is 1. The highest BCUT2D eigenvalue weighted by Crippen LogP contribution is 2.09. The summed E-state index contributed by atoms with van der Waals surface area (Å²) in [6.07, 6.45) is 0.230. The third-order valence-electron chi connectivity index (χ3n) is 2.57. The highest BCUT2D eigenvalue weighted by Gasteiger charge is 2.08. The summed E-state index contributed by atoms with van der Waals surface area (Å²) in [6.45, 7) is 2.60. The molecule has 1 rings (SSSR count). The first kappa shape index (κ1) is 16.5. The Morgan fingerprint density at radius 2 is 1.95 bits per heavy atom. The van der Waals surface area contributed by atoms with Crippen LogP contribution in [0.5, 0.6) is 0 Å². The van der Waals surface area contributed by atoms with Gasteiger partial charge in [0.25, 0.3) is 5.91 Å². The molecule has 1 aromatic rings. The van der Waals surface area contributed by atoms with Crippen molar-refractivity contribution in [3.8, 4) is 0 Å². The molecule has 5 nitrogen and oxygen atoms in total. The summed E-state index contributed by atoms with van der Waals surface area (Å²) in [5.41, 5.74) is 0.516. The number of carbonyl (C=O) groups excluding carboxylic acids is 2. The van der Waals surface area contributed by atoms with E-state index < -0.39 is 0 Å². The van der Waals surface area contributed by atoms with Crippen LogP contribution in [0.25, 0.3) is 0 Å². The van der Waals surface area contributed by atoms with E-state index in [2.05, 4.69) is 10.6 Å². The molecule has 110 valence electrons. The first-order valence-electron chi connectivity index (χ1n) is 6.35. The highest BCUT2D eigenvalue weighted by molar-refractivity contribution is 6.30. The second kappa shape index (κ2) is 8.55. The largest absolute Gasteiger partial charge is 0.383 e. The molecule has 0 radical (unpaired) electrons. The number of carbonyl (C=O) groups is 2. The number of amides is 2. The summed E-state index contributed by atoms with van der Waals surface area (Å²) >= 11 is 5.74. The molecule has 1 atom stereocenters. The molecular weight excluding hydrogens is 280 g/mol. The Bertz CT molecular complexity index is 448. The minimum absolute atomic E-state index is 0.0422. The van der Waals surface area contributed by atoms with E-state index in [1.54, 1.807) is 31.4 Å². The lowest BCUT2D eigenvalue weighted by molar-refractivity contribution is -0.121. The number of hydrogen-bond acceptors (Lipinski definition) is 3. The Kier molecular flexibility index (Phi) is 7.04. The van der Waals surface area contributed by atoms with Gasteiger partial charge in [-0.15, -0.1) is 0 Å². The topological polar surface area (TPSA) is 67.4 Å². The van der Waals surface area contributed by atoms with E-state index in [0.29, 0.717) is 17.2 Å². The molecule has 0 saturated carbocycles. The van der Waals surface area contributed by atoms with Gasteiger partial charge in [0.15, 0.2) is 0 Å². The molecule has 0 saturated heterocycles. The molecule has 0 aromatic heterocycles. The summed E-state index contributed by atoms with van der Waals surface area (Å²) in [6, 6.07) is 6.53. The van der Waals surface area contributed by atoms with Gasteiger partial charge in [0.1, 0.15) is 0 Å². The SMILES string of the molecule is COCC(C)NC(=O)CCNC(=O)c1ccc(Cl)cc1. The van der Waals surface area contributed by atoms with Crippen LogP contribution in [0.2, 0.25) is 5.02 Å². The van der Waals surface area contributed by atoms with E-state index in [4.69, 9.17) is 16.3 Å². The van der Waals surface area contributed by atoms with Gasteiger partial charge in [-0.05, 0) is 31.2 Å². The monoisotopic (exact) mass is 298 g/mol. The van der Waals surface area contributed by atoms with Crippen molar-refractivity contribution in [3.05, 3.63) is 34.9 Å². The van der Waals surface area contributed by atoms with Gasteiger partial charge < -0.3 is 15.4 Å². The zero-order chi connectivity index (χ0) is 15.0. The fraction of sp³-hybridized carbons (Fsp3) is 0.429. The van der Waals surface area contributed by atoms with Crippen molar-refractivity contribution in [1.29, 1.82) is 0 Å². The quantitative estimate of drug-likeness (QED) is 0.804. The van der Waals surface area contributed by atoms with Gasteiger partial charge in [-0.2, -0.15) is 0 Å². The summed E-state index contributed by atoms with van der Waals surface area (Å²) in [4.78, 5) is 23.3. The van der Waals surface area contributed by atoms with E-state index >= 15 is 0 Å². The lowest BCUT2D eigenvalue weighted by atomic mass is 10.2. The minimum atomic E-state index is -0.223. The Labute approximate surface area is 123 Å². The maximum absolute atomic E-state index is 11.8. The number of benzene rings is 1. The number of nitrogens with one attached hydrogen (secondary N) is 2. The van der Waals surface area contributed by atoms with Gasteiger partial charge in [-0.25, -0.2) is 0 Å². The van der Waals surface area contributed by atoms with Crippen molar-refractivity contribution in [2.24, 2.45) is 0 Å². The fourth-order valence-corrected chi connectivity index (χ4v) is 1.76. The van der Waals surface area contributed by atoms with Crippen molar-refractivity contribution in [2.75, 3.05) is 20.3 Å². The van der Waals surface area contributed by atoms with Crippen LogP contribution < -0.4 is 10.6 Å². The average Bonchev–Trinajstić information content (AvgIpc) is 2.39. The number of rotatable bonds is 7. The average molecular weight is 299 g/mol. The summed E-state index contributed by atoms with van der Waals surface area (Å²) in [7, 11) is 1.58. The van der Waals surface area contributed by atoms with Crippen LogP contribution in [0.3, 0.4) is 0 Å². The molecule has 1 aromatic carbocycles. The molecular formula is C14H19ClN2O3. The molecule has 0 spiro atoms. The Morgan fingerprint density at radius 3 is 2.55 bits per heavy atom. The van der Waals surface area contributed by atoms with Crippen LogP contribution in [0, 0.1) is 0 Å². The van der Waals surface area contributed by atoms with Gasteiger partial charge in [0, 0.05) is 36.7 Å². The van der Waals surface area contributed by atoms with Gasteiger partial charge in [0.05, 0.1) is 6.61 Å². The van der Waals surface area contributed by atoms with Gasteiger partial charge in [-0.1, -0.05) is 11.6 Å². The van der Waals surface area contributed by atoms with E-state index in [1.807, 2.05) is 6.92 Å². The van der Waals surface area contributed by atoms with Gasteiger partial charge in [0.2, 0.25) is 5.91 Å². The van der Waals surface area contributed by atoms with Crippen molar-refractivity contribution in [1.82, 2.24) is 10.6 Å². The molecule has 0 aliphatic rings. The number of ether oxygens (including phenoxy) is 1. The molecule has 0 aliphatic heterocycles. The Balaban J connectivity index is 2.28. The minimum Gasteiger partial charge on any atom is -0.383 e. The highest BCUT2D eigenvalue weighted by atomic mass is 35.5. The first-order chi connectivity index (χ1) is 9.52. The standard InChI is InChI=1S/C14H19ClN2O3/c1-10(9-20-2)17-13(18)7-8-16-14(19)11-3-5-12(15)6-4-11/h3-6,10H,7-9H2,1-2H3,(H,16,19)(H,17,18). The van der Waals surface area contributed by atoms with E-state index in [1.165, 1.54) is 0 Å². The summed E-state index contributed by atoms with van der Waals surface area (Å²) < 4.78 is 4.92. The molecule has 0 bridgehead atoms. The molecule has 0 heterocycles. The molecule has 0 aliphatic carbocycles. The van der Waals surface area contributed by atoms with Crippen LogP contribution in [0.15, 0.2) is 24.3 Å². The van der Waals surface area contributed by atoms with Gasteiger partial charge in [-0.3, -0.25) is 9.59 Å². The maximum atomic E-state index is 11.8. The molecule has 0 fully saturated rings. The molecule has 1 unspecified atom stereocenters. The van der Waals surface area contributed by atoms with Crippen LogP contribution in [-0.2, 0) is 9.53 Å².